The quantitative estimate of drug-likeness (QED) is 0.655. The van der Waals surface area contributed by atoms with Crippen LogP contribution in [-0.4, -0.2) is 5.91 Å². The average molecular weight is 332 g/mol. The number of ether oxygens (including phenoxy) is 1. The third-order valence-electron chi connectivity index (χ3n) is 3.72. The summed E-state index contributed by atoms with van der Waals surface area (Å²) in [6.45, 7) is 1.99. The number of rotatable bonds is 6. The van der Waals surface area contributed by atoms with Crippen molar-refractivity contribution in [3.8, 4) is 11.5 Å². The van der Waals surface area contributed by atoms with E-state index in [0.717, 1.165) is 22.6 Å². The predicted molar refractivity (Wildman–Crippen MR) is 99.6 cm³/mol. The van der Waals surface area contributed by atoms with Gasteiger partial charge in [-0.3, -0.25) is 15.6 Å². The lowest BCUT2D eigenvalue weighted by molar-refractivity contribution is -0.119. The molecule has 0 radical (unpaired) electrons. The number of benzene rings is 3. The Balaban J connectivity index is 1.58. The predicted octanol–water partition coefficient (Wildman–Crippen LogP) is 4.47. The minimum atomic E-state index is -0.111. The van der Waals surface area contributed by atoms with Crippen LogP contribution in [0, 0.1) is 6.92 Å². The van der Waals surface area contributed by atoms with Gasteiger partial charge >= 0.3 is 0 Å². The molecule has 3 aromatic rings. The Kier molecular flexibility index (Phi) is 5.32. The largest absolute Gasteiger partial charge is 0.457 e. The molecule has 0 heterocycles. The molecular weight excluding hydrogens is 312 g/mol. The second kappa shape index (κ2) is 8.02. The summed E-state index contributed by atoms with van der Waals surface area (Å²) in [7, 11) is 0. The van der Waals surface area contributed by atoms with Gasteiger partial charge in [0.15, 0.2) is 0 Å². The summed E-state index contributed by atoms with van der Waals surface area (Å²) in [6, 6.07) is 24.9. The Morgan fingerprint density at radius 2 is 1.60 bits per heavy atom. The Morgan fingerprint density at radius 1 is 0.880 bits per heavy atom. The van der Waals surface area contributed by atoms with Gasteiger partial charge in [0.05, 0.1) is 12.1 Å². The fraction of sp³-hybridized carbons (Fsp3) is 0.0952. The summed E-state index contributed by atoms with van der Waals surface area (Å²) in [4.78, 5) is 12.2. The zero-order chi connectivity index (χ0) is 17.5. The van der Waals surface area contributed by atoms with E-state index in [1.54, 1.807) is 0 Å². The number of carbonyl (C=O) groups excluding carboxylic acids is 1. The number of hydrogen-bond donors (Lipinski definition) is 2. The number of carbonyl (C=O) groups is 1. The van der Waals surface area contributed by atoms with Crippen molar-refractivity contribution in [3.63, 3.8) is 0 Å². The first-order valence-electron chi connectivity index (χ1n) is 8.13. The van der Waals surface area contributed by atoms with E-state index in [-0.39, 0.29) is 12.3 Å². The summed E-state index contributed by atoms with van der Waals surface area (Å²) >= 11 is 0. The molecule has 0 bridgehead atoms. The van der Waals surface area contributed by atoms with Crippen LogP contribution in [0.4, 0.5) is 5.69 Å². The smallest absolute Gasteiger partial charge is 0.242 e. The SMILES string of the molecule is Cc1ccccc1NNC(=O)Cc1cccc(Oc2ccccc2)c1. The highest BCUT2D eigenvalue weighted by atomic mass is 16.5. The Morgan fingerprint density at radius 3 is 2.40 bits per heavy atom. The highest BCUT2D eigenvalue weighted by Gasteiger charge is 2.05. The fourth-order valence-corrected chi connectivity index (χ4v) is 2.42. The van der Waals surface area contributed by atoms with Crippen molar-refractivity contribution < 1.29 is 9.53 Å². The first kappa shape index (κ1) is 16.6. The van der Waals surface area contributed by atoms with E-state index < -0.39 is 0 Å². The van der Waals surface area contributed by atoms with Gasteiger partial charge in [-0.1, -0.05) is 48.5 Å². The molecule has 0 aliphatic carbocycles. The molecule has 2 N–H and O–H groups in total. The third-order valence-corrected chi connectivity index (χ3v) is 3.72. The summed E-state index contributed by atoms with van der Waals surface area (Å²) in [5.41, 5.74) is 8.53. The second-order valence-electron chi connectivity index (χ2n) is 5.73. The molecule has 0 aromatic heterocycles. The minimum Gasteiger partial charge on any atom is -0.457 e. The molecule has 25 heavy (non-hydrogen) atoms. The van der Waals surface area contributed by atoms with Gasteiger partial charge in [-0.05, 0) is 48.4 Å². The molecule has 0 saturated carbocycles. The molecule has 3 aromatic carbocycles. The lowest BCUT2D eigenvalue weighted by Crippen LogP contribution is -2.31. The fourth-order valence-electron chi connectivity index (χ4n) is 2.42. The highest BCUT2D eigenvalue weighted by Crippen LogP contribution is 2.22. The van der Waals surface area contributed by atoms with Crippen molar-refractivity contribution in [1.82, 2.24) is 5.43 Å². The van der Waals surface area contributed by atoms with Crippen molar-refractivity contribution in [2.75, 3.05) is 5.43 Å². The highest BCUT2D eigenvalue weighted by molar-refractivity contribution is 5.80. The van der Waals surface area contributed by atoms with E-state index in [0.29, 0.717) is 5.75 Å². The van der Waals surface area contributed by atoms with Crippen LogP contribution in [0.15, 0.2) is 78.9 Å². The van der Waals surface area contributed by atoms with E-state index in [1.165, 1.54) is 0 Å². The molecule has 0 aliphatic rings. The zero-order valence-electron chi connectivity index (χ0n) is 14.0. The molecule has 0 atom stereocenters. The van der Waals surface area contributed by atoms with E-state index >= 15 is 0 Å². The van der Waals surface area contributed by atoms with Crippen LogP contribution in [0.1, 0.15) is 11.1 Å². The topological polar surface area (TPSA) is 50.4 Å². The molecule has 4 heteroatoms. The maximum atomic E-state index is 12.2. The number of anilines is 1. The maximum Gasteiger partial charge on any atom is 0.242 e. The Hall–Kier alpha value is -3.27. The van der Waals surface area contributed by atoms with Crippen LogP contribution in [0.5, 0.6) is 11.5 Å². The molecular formula is C21H20N2O2. The van der Waals surface area contributed by atoms with Crippen molar-refractivity contribution >= 4 is 11.6 Å². The number of hydrazine groups is 1. The van der Waals surface area contributed by atoms with Crippen molar-refractivity contribution in [3.05, 3.63) is 90.0 Å². The molecule has 0 spiro atoms. The van der Waals surface area contributed by atoms with Crippen LogP contribution < -0.4 is 15.6 Å². The van der Waals surface area contributed by atoms with E-state index in [1.807, 2.05) is 85.8 Å². The average Bonchev–Trinajstić information content (AvgIpc) is 2.62. The Bertz CT molecular complexity index is 847. The van der Waals surface area contributed by atoms with Crippen molar-refractivity contribution in [1.29, 1.82) is 0 Å². The normalized spacial score (nSPS) is 10.1. The van der Waals surface area contributed by atoms with Crippen molar-refractivity contribution in [2.45, 2.75) is 13.3 Å². The second-order valence-corrected chi connectivity index (χ2v) is 5.73. The third kappa shape index (κ3) is 4.85. The zero-order valence-corrected chi connectivity index (χ0v) is 14.0. The van der Waals surface area contributed by atoms with Gasteiger partial charge in [-0.15, -0.1) is 0 Å². The number of hydrogen-bond acceptors (Lipinski definition) is 3. The lowest BCUT2D eigenvalue weighted by Gasteiger charge is -2.11. The first-order chi connectivity index (χ1) is 12.2. The molecule has 0 saturated heterocycles. The Labute approximate surface area is 147 Å². The minimum absolute atomic E-state index is 0.111. The standard InChI is InChI=1S/C21H20N2O2/c1-16-8-5-6-13-20(16)22-23-21(24)15-17-9-7-12-19(14-17)25-18-10-3-2-4-11-18/h2-14,22H,15H2,1H3,(H,23,24). The van der Waals surface area contributed by atoms with Crippen LogP contribution >= 0.6 is 0 Å². The van der Waals surface area contributed by atoms with Gasteiger partial charge in [0.25, 0.3) is 0 Å². The van der Waals surface area contributed by atoms with Crippen LogP contribution in [0.25, 0.3) is 0 Å². The molecule has 126 valence electrons. The molecule has 1 amide bonds. The number of nitrogens with one attached hydrogen (secondary N) is 2. The van der Waals surface area contributed by atoms with Crippen molar-refractivity contribution in [2.24, 2.45) is 0 Å². The summed E-state index contributed by atoms with van der Waals surface area (Å²) in [6.07, 6.45) is 0.269. The summed E-state index contributed by atoms with van der Waals surface area (Å²) < 4.78 is 5.80. The summed E-state index contributed by atoms with van der Waals surface area (Å²) in [5.74, 6) is 1.37. The number of amides is 1. The van der Waals surface area contributed by atoms with Crippen LogP contribution in [0.3, 0.4) is 0 Å². The lowest BCUT2D eigenvalue weighted by atomic mass is 10.1. The molecule has 3 rings (SSSR count). The molecule has 0 unspecified atom stereocenters. The van der Waals surface area contributed by atoms with Gasteiger partial charge < -0.3 is 4.74 Å². The van der Waals surface area contributed by atoms with Crippen LogP contribution in [-0.2, 0) is 11.2 Å². The molecule has 0 aliphatic heterocycles. The van der Waals surface area contributed by atoms with Gasteiger partial charge in [-0.25, -0.2) is 0 Å². The summed E-state index contributed by atoms with van der Waals surface area (Å²) in [5, 5.41) is 0. The first-order valence-corrected chi connectivity index (χ1v) is 8.13. The van der Waals surface area contributed by atoms with Crippen LogP contribution in [0.2, 0.25) is 0 Å². The van der Waals surface area contributed by atoms with Gasteiger partial charge in [0.2, 0.25) is 5.91 Å². The molecule has 4 nitrogen and oxygen atoms in total. The number of aryl methyl sites for hydroxylation is 1. The van der Waals surface area contributed by atoms with Gasteiger partial charge in [0.1, 0.15) is 11.5 Å². The van der Waals surface area contributed by atoms with E-state index in [2.05, 4.69) is 10.9 Å². The maximum absolute atomic E-state index is 12.2. The van der Waals surface area contributed by atoms with E-state index in [9.17, 15) is 4.79 Å². The monoisotopic (exact) mass is 332 g/mol. The molecule has 0 fully saturated rings. The number of para-hydroxylation sites is 2. The van der Waals surface area contributed by atoms with Gasteiger partial charge in [0, 0.05) is 0 Å². The van der Waals surface area contributed by atoms with E-state index in [4.69, 9.17) is 4.74 Å². The van der Waals surface area contributed by atoms with Gasteiger partial charge in [-0.2, -0.15) is 0 Å².